The van der Waals surface area contributed by atoms with Crippen LogP contribution in [0.25, 0.3) is 0 Å². The van der Waals surface area contributed by atoms with Crippen LogP contribution in [0, 0.1) is 19.7 Å². The van der Waals surface area contributed by atoms with E-state index in [9.17, 15) is 9.50 Å². The molecule has 0 spiro atoms. The van der Waals surface area contributed by atoms with Crippen molar-refractivity contribution in [3.8, 4) is 0 Å². The highest BCUT2D eigenvalue weighted by Crippen LogP contribution is 2.28. The maximum atomic E-state index is 14.1. The van der Waals surface area contributed by atoms with Gasteiger partial charge < -0.3 is 5.11 Å². The number of halogens is 1. The van der Waals surface area contributed by atoms with Crippen LogP contribution in [-0.4, -0.2) is 14.9 Å². The van der Waals surface area contributed by atoms with Crippen LogP contribution in [0.15, 0.2) is 24.4 Å². The van der Waals surface area contributed by atoms with Gasteiger partial charge in [0, 0.05) is 18.3 Å². The van der Waals surface area contributed by atoms with Crippen LogP contribution in [0.4, 0.5) is 4.39 Å². The van der Waals surface area contributed by atoms with E-state index in [1.165, 1.54) is 6.07 Å². The minimum absolute atomic E-state index is 0.337. The lowest BCUT2D eigenvalue weighted by molar-refractivity contribution is 0.201. The normalized spacial score (nSPS) is 12.7. The molecule has 4 heteroatoms. The molecule has 1 N–H and O–H groups in total. The Morgan fingerprint density at radius 3 is 2.74 bits per heavy atom. The number of hydrogen-bond acceptors (Lipinski definition) is 2. The summed E-state index contributed by atoms with van der Waals surface area (Å²) < 4.78 is 15.8. The van der Waals surface area contributed by atoms with Gasteiger partial charge in [-0.05, 0) is 43.5 Å². The molecule has 1 aromatic carbocycles. The molecule has 1 atom stereocenters. The molecule has 1 unspecified atom stereocenters. The van der Waals surface area contributed by atoms with Gasteiger partial charge in [0.2, 0.25) is 0 Å². The standard InChI is InChI=1S/C15H19FN2O/c1-4-7-18-13(5-6-17-18)15(19)14-11(3)8-10(2)9-12(14)16/h5-6,8-9,15,19H,4,7H2,1-3H3. The van der Waals surface area contributed by atoms with Crippen LogP contribution in [-0.2, 0) is 6.54 Å². The number of aliphatic hydroxyl groups excluding tert-OH is 1. The number of benzene rings is 1. The molecule has 0 fully saturated rings. The topological polar surface area (TPSA) is 38.0 Å². The van der Waals surface area contributed by atoms with E-state index in [0.29, 0.717) is 17.8 Å². The molecule has 0 radical (unpaired) electrons. The first kappa shape index (κ1) is 13.7. The van der Waals surface area contributed by atoms with Crippen LogP contribution in [0.5, 0.6) is 0 Å². The number of rotatable bonds is 4. The maximum absolute atomic E-state index is 14.1. The summed E-state index contributed by atoms with van der Waals surface area (Å²) in [6.45, 7) is 6.41. The van der Waals surface area contributed by atoms with E-state index in [-0.39, 0.29) is 5.82 Å². The van der Waals surface area contributed by atoms with Crippen molar-refractivity contribution in [3.05, 3.63) is 52.6 Å². The van der Waals surface area contributed by atoms with Crippen molar-refractivity contribution in [2.75, 3.05) is 0 Å². The molecule has 102 valence electrons. The number of aromatic nitrogens is 2. The average Bonchev–Trinajstić information content (AvgIpc) is 2.76. The van der Waals surface area contributed by atoms with Crippen LogP contribution < -0.4 is 0 Å². The summed E-state index contributed by atoms with van der Waals surface area (Å²) in [5.74, 6) is -0.366. The van der Waals surface area contributed by atoms with E-state index in [0.717, 1.165) is 17.5 Å². The SMILES string of the molecule is CCCn1nccc1C(O)c1c(C)cc(C)cc1F. The van der Waals surface area contributed by atoms with E-state index < -0.39 is 6.10 Å². The van der Waals surface area contributed by atoms with Gasteiger partial charge in [0.15, 0.2) is 0 Å². The number of aryl methyl sites for hydroxylation is 3. The highest BCUT2D eigenvalue weighted by Gasteiger charge is 2.21. The van der Waals surface area contributed by atoms with Crippen LogP contribution in [0.1, 0.15) is 41.8 Å². The van der Waals surface area contributed by atoms with Gasteiger partial charge in [-0.15, -0.1) is 0 Å². The van der Waals surface area contributed by atoms with Gasteiger partial charge in [-0.2, -0.15) is 5.10 Å². The highest BCUT2D eigenvalue weighted by molar-refractivity contribution is 5.37. The van der Waals surface area contributed by atoms with E-state index in [1.54, 1.807) is 16.9 Å². The van der Waals surface area contributed by atoms with Crippen molar-refractivity contribution >= 4 is 0 Å². The minimum atomic E-state index is -0.977. The second kappa shape index (κ2) is 5.53. The summed E-state index contributed by atoms with van der Waals surface area (Å²) in [6, 6.07) is 5.06. The Hall–Kier alpha value is -1.68. The van der Waals surface area contributed by atoms with Crippen molar-refractivity contribution in [3.63, 3.8) is 0 Å². The summed E-state index contributed by atoms with van der Waals surface area (Å²) in [4.78, 5) is 0. The quantitative estimate of drug-likeness (QED) is 0.919. The van der Waals surface area contributed by atoms with E-state index in [2.05, 4.69) is 5.10 Å². The van der Waals surface area contributed by atoms with Gasteiger partial charge >= 0.3 is 0 Å². The molecule has 19 heavy (non-hydrogen) atoms. The summed E-state index contributed by atoms with van der Waals surface area (Å²) in [5, 5.41) is 14.6. The number of hydrogen-bond donors (Lipinski definition) is 1. The molecule has 2 aromatic rings. The van der Waals surface area contributed by atoms with Crippen molar-refractivity contribution < 1.29 is 9.50 Å². The lowest BCUT2D eigenvalue weighted by atomic mass is 9.98. The monoisotopic (exact) mass is 262 g/mol. The zero-order chi connectivity index (χ0) is 14.0. The molecular weight excluding hydrogens is 243 g/mol. The zero-order valence-corrected chi connectivity index (χ0v) is 11.5. The largest absolute Gasteiger partial charge is 0.382 e. The first-order chi connectivity index (χ1) is 9.04. The molecule has 2 rings (SSSR count). The van der Waals surface area contributed by atoms with Crippen molar-refractivity contribution in [1.82, 2.24) is 9.78 Å². The van der Waals surface area contributed by atoms with Gasteiger partial charge in [-0.1, -0.05) is 13.0 Å². The van der Waals surface area contributed by atoms with Crippen LogP contribution >= 0.6 is 0 Å². The first-order valence-corrected chi connectivity index (χ1v) is 6.51. The van der Waals surface area contributed by atoms with Gasteiger partial charge in [0.05, 0.1) is 5.69 Å². The summed E-state index contributed by atoms with van der Waals surface area (Å²) in [5.41, 5.74) is 2.58. The third kappa shape index (κ3) is 2.68. The molecule has 3 nitrogen and oxygen atoms in total. The predicted molar refractivity (Wildman–Crippen MR) is 72.5 cm³/mol. The zero-order valence-electron chi connectivity index (χ0n) is 11.5. The Morgan fingerprint density at radius 2 is 2.11 bits per heavy atom. The molecule has 0 aliphatic heterocycles. The van der Waals surface area contributed by atoms with E-state index in [1.807, 2.05) is 26.8 Å². The second-order valence-electron chi connectivity index (χ2n) is 4.86. The summed E-state index contributed by atoms with van der Waals surface area (Å²) >= 11 is 0. The fourth-order valence-electron chi connectivity index (χ4n) is 2.39. The second-order valence-corrected chi connectivity index (χ2v) is 4.86. The Labute approximate surface area is 112 Å². The van der Waals surface area contributed by atoms with Crippen LogP contribution in [0.2, 0.25) is 0 Å². The Bertz CT molecular complexity index is 554. The van der Waals surface area contributed by atoms with Crippen molar-refractivity contribution in [2.45, 2.75) is 39.8 Å². The summed E-state index contributed by atoms with van der Waals surface area (Å²) in [6.07, 6.45) is 1.57. The molecular formula is C15H19FN2O. The Kier molecular flexibility index (Phi) is 4.00. The number of nitrogens with zero attached hydrogens (tertiary/aromatic N) is 2. The molecule has 0 aliphatic carbocycles. The predicted octanol–water partition coefficient (Wildman–Crippen LogP) is 3.13. The third-order valence-electron chi connectivity index (χ3n) is 3.22. The third-order valence-corrected chi connectivity index (χ3v) is 3.22. The molecule has 0 amide bonds. The smallest absolute Gasteiger partial charge is 0.129 e. The highest BCUT2D eigenvalue weighted by atomic mass is 19.1. The van der Waals surface area contributed by atoms with Gasteiger partial charge in [-0.25, -0.2) is 4.39 Å². The lowest BCUT2D eigenvalue weighted by Gasteiger charge is -2.17. The van der Waals surface area contributed by atoms with Crippen molar-refractivity contribution in [1.29, 1.82) is 0 Å². The molecule has 1 heterocycles. The lowest BCUT2D eigenvalue weighted by Crippen LogP contribution is -2.12. The van der Waals surface area contributed by atoms with E-state index in [4.69, 9.17) is 0 Å². The average molecular weight is 262 g/mol. The fourth-order valence-corrected chi connectivity index (χ4v) is 2.39. The van der Waals surface area contributed by atoms with Crippen LogP contribution in [0.3, 0.4) is 0 Å². The molecule has 0 aliphatic rings. The maximum Gasteiger partial charge on any atom is 0.129 e. The Morgan fingerprint density at radius 1 is 1.37 bits per heavy atom. The fraction of sp³-hybridized carbons (Fsp3) is 0.400. The van der Waals surface area contributed by atoms with Gasteiger partial charge in [0.25, 0.3) is 0 Å². The van der Waals surface area contributed by atoms with Gasteiger partial charge in [-0.3, -0.25) is 4.68 Å². The van der Waals surface area contributed by atoms with Gasteiger partial charge in [0.1, 0.15) is 11.9 Å². The summed E-state index contributed by atoms with van der Waals surface area (Å²) in [7, 11) is 0. The first-order valence-electron chi connectivity index (χ1n) is 6.51. The number of aliphatic hydroxyl groups is 1. The minimum Gasteiger partial charge on any atom is -0.382 e. The Balaban J connectivity index is 2.44. The molecule has 0 saturated carbocycles. The molecule has 1 aromatic heterocycles. The molecule has 0 bridgehead atoms. The van der Waals surface area contributed by atoms with E-state index >= 15 is 0 Å². The molecule has 0 saturated heterocycles. The van der Waals surface area contributed by atoms with Crippen molar-refractivity contribution in [2.24, 2.45) is 0 Å².